The highest BCUT2D eigenvalue weighted by Crippen LogP contribution is 2.38. The van der Waals surface area contributed by atoms with Gasteiger partial charge in [0.15, 0.2) is 5.13 Å². The number of aryl methyl sites for hydroxylation is 1. The first-order valence-corrected chi connectivity index (χ1v) is 9.18. The van der Waals surface area contributed by atoms with Crippen LogP contribution in [0.2, 0.25) is 0 Å². The third kappa shape index (κ3) is 4.35. The van der Waals surface area contributed by atoms with E-state index in [1.54, 1.807) is 23.7 Å². The van der Waals surface area contributed by atoms with Crippen LogP contribution in [0.1, 0.15) is 5.69 Å². The average molecular weight is 418 g/mol. The second-order valence-corrected chi connectivity index (χ2v) is 6.75. The number of thiazole rings is 1. The minimum Gasteiger partial charge on any atom is -0.405 e. The van der Waals surface area contributed by atoms with Crippen LogP contribution in [-0.2, 0) is 0 Å². The smallest absolute Gasteiger partial charge is 0.405 e. The molecule has 3 heterocycles. The number of hydrogen-bond donors (Lipinski definition) is 2. The number of hydrogen-bond acceptors (Lipinski definition) is 7. The van der Waals surface area contributed by atoms with Gasteiger partial charge in [-0.3, -0.25) is 5.10 Å². The molecule has 0 bridgehead atoms. The minimum atomic E-state index is -4.80. The summed E-state index contributed by atoms with van der Waals surface area (Å²) < 4.78 is 42.4. The van der Waals surface area contributed by atoms with Gasteiger partial charge in [0.2, 0.25) is 5.95 Å². The largest absolute Gasteiger partial charge is 0.573 e. The molecule has 0 saturated carbocycles. The fourth-order valence-electron chi connectivity index (χ4n) is 2.63. The lowest BCUT2D eigenvalue weighted by molar-refractivity contribution is -0.274. The highest BCUT2D eigenvalue weighted by atomic mass is 32.1. The van der Waals surface area contributed by atoms with E-state index in [9.17, 15) is 13.2 Å². The number of rotatable bonds is 5. The Morgan fingerprint density at radius 2 is 1.93 bits per heavy atom. The quantitative estimate of drug-likeness (QED) is 0.477. The van der Waals surface area contributed by atoms with Crippen LogP contribution in [-0.4, -0.2) is 31.5 Å². The summed E-state index contributed by atoms with van der Waals surface area (Å²) in [5, 5.41) is 12.0. The van der Waals surface area contributed by atoms with Crippen LogP contribution in [0.4, 0.5) is 24.3 Å². The van der Waals surface area contributed by atoms with E-state index in [4.69, 9.17) is 0 Å². The van der Waals surface area contributed by atoms with Crippen molar-refractivity contribution in [2.24, 2.45) is 0 Å². The van der Waals surface area contributed by atoms with E-state index >= 15 is 0 Å². The van der Waals surface area contributed by atoms with Gasteiger partial charge in [-0.2, -0.15) is 5.10 Å². The second-order valence-electron chi connectivity index (χ2n) is 5.89. The number of nitrogens with one attached hydrogen (secondary N) is 2. The zero-order valence-electron chi connectivity index (χ0n) is 14.9. The number of aromatic amines is 1. The van der Waals surface area contributed by atoms with Crippen LogP contribution in [0.3, 0.4) is 0 Å². The third-order valence-electron chi connectivity index (χ3n) is 3.82. The zero-order valence-corrected chi connectivity index (χ0v) is 15.7. The molecule has 0 spiro atoms. The van der Waals surface area contributed by atoms with E-state index in [-0.39, 0.29) is 11.3 Å². The number of anilines is 2. The summed E-state index contributed by atoms with van der Waals surface area (Å²) in [5.74, 6) is 0.0782. The number of H-pyrrole nitrogens is 1. The van der Waals surface area contributed by atoms with E-state index in [1.165, 1.54) is 35.7 Å². The molecule has 0 aliphatic carbocycles. The zero-order chi connectivity index (χ0) is 20.4. The Bertz CT molecular complexity index is 1140. The van der Waals surface area contributed by atoms with Gasteiger partial charge >= 0.3 is 6.36 Å². The highest BCUT2D eigenvalue weighted by Gasteiger charge is 2.32. The van der Waals surface area contributed by atoms with Crippen LogP contribution in [0.15, 0.2) is 48.1 Å². The topological polar surface area (TPSA) is 88.6 Å². The predicted octanol–water partition coefficient (Wildman–Crippen LogP) is 4.94. The number of halogens is 3. The van der Waals surface area contributed by atoms with Gasteiger partial charge in [-0.15, -0.1) is 24.5 Å². The maximum Gasteiger partial charge on any atom is 0.573 e. The van der Waals surface area contributed by atoms with Crippen molar-refractivity contribution in [1.29, 1.82) is 0 Å². The molecule has 4 rings (SSSR count). The van der Waals surface area contributed by atoms with Crippen LogP contribution in [0.25, 0.3) is 22.5 Å². The summed E-state index contributed by atoms with van der Waals surface area (Å²) in [7, 11) is 0. The molecule has 3 aromatic heterocycles. The molecule has 0 radical (unpaired) electrons. The van der Waals surface area contributed by atoms with Gasteiger partial charge in [-0.1, -0.05) is 12.1 Å². The molecule has 7 nitrogen and oxygen atoms in total. The van der Waals surface area contributed by atoms with Crippen LogP contribution in [0.5, 0.6) is 5.75 Å². The Balaban J connectivity index is 1.65. The molecule has 148 valence electrons. The van der Waals surface area contributed by atoms with Crippen LogP contribution in [0, 0.1) is 6.92 Å². The predicted molar refractivity (Wildman–Crippen MR) is 102 cm³/mol. The van der Waals surface area contributed by atoms with E-state index < -0.39 is 6.36 Å². The fraction of sp³-hybridized carbons (Fsp3) is 0.111. The van der Waals surface area contributed by atoms with Gasteiger partial charge in [0, 0.05) is 28.4 Å². The molecule has 4 aromatic rings. The number of alkyl halides is 3. The van der Waals surface area contributed by atoms with Crippen LogP contribution < -0.4 is 10.1 Å². The van der Waals surface area contributed by atoms with Gasteiger partial charge in [-0.25, -0.2) is 15.0 Å². The van der Waals surface area contributed by atoms with E-state index in [0.29, 0.717) is 28.0 Å². The molecule has 0 aliphatic heterocycles. The van der Waals surface area contributed by atoms with Crippen molar-refractivity contribution in [1.82, 2.24) is 25.1 Å². The monoisotopic (exact) mass is 418 g/mol. The van der Waals surface area contributed by atoms with Gasteiger partial charge in [0.25, 0.3) is 0 Å². The summed E-state index contributed by atoms with van der Waals surface area (Å²) in [5.41, 5.74) is 2.47. The van der Waals surface area contributed by atoms with E-state index in [2.05, 4.69) is 35.2 Å². The summed E-state index contributed by atoms with van der Waals surface area (Å²) >= 11 is 1.31. The lowest BCUT2D eigenvalue weighted by Gasteiger charge is -2.12. The molecule has 11 heteroatoms. The van der Waals surface area contributed by atoms with E-state index in [1.807, 2.05) is 6.92 Å². The van der Waals surface area contributed by atoms with Gasteiger partial charge in [-0.05, 0) is 25.1 Å². The number of para-hydroxylation sites is 1. The molecule has 0 atom stereocenters. The number of ether oxygens (including phenoxy) is 1. The number of aromatic nitrogens is 5. The van der Waals surface area contributed by atoms with Gasteiger partial charge in [0.05, 0.1) is 17.6 Å². The first-order valence-electron chi connectivity index (χ1n) is 8.30. The maximum absolute atomic E-state index is 12.7. The first-order chi connectivity index (χ1) is 13.9. The lowest BCUT2D eigenvalue weighted by atomic mass is 10.1. The second kappa shape index (κ2) is 7.51. The molecule has 0 saturated heterocycles. The number of nitrogens with zero attached hydrogens (tertiary/aromatic N) is 4. The maximum atomic E-state index is 12.7. The third-order valence-corrected chi connectivity index (χ3v) is 4.57. The molecule has 0 amide bonds. The Morgan fingerprint density at radius 3 is 2.72 bits per heavy atom. The molecule has 0 fully saturated rings. The van der Waals surface area contributed by atoms with Crippen molar-refractivity contribution < 1.29 is 17.9 Å². The average Bonchev–Trinajstić information content (AvgIpc) is 3.30. The first kappa shape index (κ1) is 18.9. The molecule has 29 heavy (non-hydrogen) atoms. The van der Waals surface area contributed by atoms with Gasteiger partial charge < -0.3 is 10.1 Å². The Kier molecular flexibility index (Phi) is 4.89. The van der Waals surface area contributed by atoms with Crippen molar-refractivity contribution in [2.45, 2.75) is 13.3 Å². The molecular formula is C18H13F3N6OS. The lowest BCUT2D eigenvalue weighted by Crippen LogP contribution is -2.17. The van der Waals surface area contributed by atoms with E-state index in [0.717, 1.165) is 5.69 Å². The van der Waals surface area contributed by atoms with Crippen molar-refractivity contribution in [3.8, 4) is 28.3 Å². The highest BCUT2D eigenvalue weighted by molar-refractivity contribution is 7.14. The van der Waals surface area contributed by atoms with Crippen molar-refractivity contribution in [3.05, 3.63) is 53.8 Å². The van der Waals surface area contributed by atoms with Crippen molar-refractivity contribution >= 4 is 22.4 Å². The van der Waals surface area contributed by atoms with Crippen LogP contribution >= 0.6 is 11.3 Å². The molecule has 2 N–H and O–H groups in total. The summed E-state index contributed by atoms with van der Waals surface area (Å²) in [6, 6.07) is 7.62. The molecule has 0 unspecified atom stereocenters. The molecule has 1 aromatic carbocycles. The Morgan fingerprint density at radius 1 is 1.10 bits per heavy atom. The summed E-state index contributed by atoms with van der Waals surface area (Å²) in [6.07, 6.45) is -1.67. The Hall–Kier alpha value is -3.47. The van der Waals surface area contributed by atoms with Crippen molar-refractivity contribution in [3.63, 3.8) is 0 Å². The van der Waals surface area contributed by atoms with Gasteiger partial charge in [0.1, 0.15) is 5.75 Å². The number of benzene rings is 1. The molecular weight excluding hydrogens is 405 g/mol. The minimum absolute atomic E-state index is 0.224. The molecule has 0 aliphatic rings. The standard InChI is InChI=1S/C18H13F3N6OS/c1-10-6-7-22-16(24-10)26-17-25-13(9-29-17)12-8-23-27-15(12)11-4-2-3-5-14(11)28-18(19,20)21/h2-9H,1H3,(H,23,27)(H,22,24,25,26). The fourth-order valence-corrected chi connectivity index (χ4v) is 3.34. The van der Waals surface area contributed by atoms with Crippen molar-refractivity contribution in [2.75, 3.05) is 5.32 Å². The summed E-state index contributed by atoms with van der Waals surface area (Å²) in [4.78, 5) is 12.8. The summed E-state index contributed by atoms with van der Waals surface area (Å²) in [6.45, 7) is 1.85. The normalized spacial score (nSPS) is 11.4. The SMILES string of the molecule is Cc1ccnc(Nc2nc(-c3cn[nH]c3-c3ccccc3OC(F)(F)F)cs2)n1. The Labute approximate surface area is 166 Å².